The zero-order valence-electron chi connectivity index (χ0n) is 8.22. The summed E-state index contributed by atoms with van der Waals surface area (Å²) in [4.78, 5) is 3.94. The first-order valence-corrected chi connectivity index (χ1v) is 5.36. The Hall–Kier alpha value is -1.86. The fraction of sp³-hybridized carbons (Fsp3) is 0. The van der Waals surface area contributed by atoms with Gasteiger partial charge in [0.1, 0.15) is 17.6 Å². The summed E-state index contributed by atoms with van der Waals surface area (Å²) in [6, 6.07) is 10.9. The molecule has 0 fully saturated rings. The summed E-state index contributed by atoms with van der Waals surface area (Å²) >= 11 is 3.30. The minimum atomic E-state index is 0.484. The molecule has 16 heavy (non-hydrogen) atoms. The van der Waals surface area contributed by atoms with Crippen LogP contribution in [0.3, 0.4) is 0 Å². The van der Waals surface area contributed by atoms with Crippen molar-refractivity contribution < 1.29 is 4.74 Å². The molecule has 0 aliphatic rings. The van der Waals surface area contributed by atoms with Crippen molar-refractivity contribution in [2.75, 3.05) is 0 Å². The molecular weight excluding hydrogens is 268 g/mol. The maximum atomic E-state index is 8.95. The van der Waals surface area contributed by atoms with E-state index in [4.69, 9.17) is 10.00 Å². The zero-order valence-corrected chi connectivity index (χ0v) is 9.81. The van der Waals surface area contributed by atoms with Crippen LogP contribution >= 0.6 is 15.9 Å². The molecule has 78 valence electrons. The highest BCUT2D eigenvalue weighted by molar-refractivity contribution is 9.10. The van der Waals surface area contributed by atoms with Gasteiger partial charge in [-0.15, -0.1) is 0 Å². The number of aromatic nitrogens is 1. The van der Waals surface area contributed by atoms with Gasteiger partial charge >= 0.3 is 0 Å². The van der Waals surface area contributed by atoms with Crippen LogP contribution < -0.4 is 4.74 Å². The molecule has 3 nitrogen and oxygen atoms in total. The van der Waals surface area contributed by atoms with Crippen molar-refractivity contribution in [2.45, 2.75) is 0 Å². The van der Waals surface area contributed by atoms with Crippen LogP contribution in [0.5, 0.6) is 11.5 Å². The Morgan fingerprint density at radius 3 is 2.88 bits per heavy atom. The number of ether oxygens (including phenoxy) is 1. The van der Waals surface area contributed by atoms with E-state index < -0.39 is 0 Å². The van der Waals surface area contributed by atoms with E-state index in [9.17, 15) is 0 Å². The predicted molar refractivity (Wildman–Crippen MR) is 63.2 cm³/mol. The lowest BCUT2D eigenvalue weighted by Gasteiger charge is -2.06. The van der Waals surface area contributed by atoms with E-state index in [1.807, 2.05) is 6.07 Å². The highest BCUT2D eigenvalue weighted by Crippen LogP contribution is 2.26. The molecule has 0 radical (unpaired) electrons. The van der Waals surface area contributed by atoms with Crippen molar-refractivity contribution in [1.29, 1.82) is 5.26 Å². The van der Waals surface area contributed by atoms with E-state index >= 15 is 0 Å². The largest absolute Gasteiger partial charge is 0.454 e. The summed E-state index contributed by atoms with van der Waals surface area (Å²) in [5, 5.41) is 8.95. The molecular formula is C12H7BrN2O. The summed E-state index contributed by atoms with van der Waals surface area (Å²) in [6.45, 7) is 0. The van der Waals surface area contributed by atoms with Gasteiger partial charge in [-0.2, -0.15) is 5.26 Å². The number of benzene rings is 1. The van der Waals surface area contributed by atoms with Gasteiger partial charge < -0.3 is 4.74 Å². The summed E-state index contributed by atoms with van der Waals surface area (Å²) in [5.41, 5.74) is 0.484. The van der Waals surface area contributed by atoms with E-state index in [1.54, 1.807) is 36.7 Å². The van der Waals surface area contributed by atoms with Crippen LogP contribution in [0.1, 0.15) is 5.56 Å². The molecule has 1 aromatic heterocycles. The third kappa shape index (κ3) is 2.38. The van der Waals surface area contributed by atoms with Crippen LogP contribution in [0.4, 0.5) is 0 Å². The summed E-state index contributed by atoms with van der Waals surface area (Å²) < 4.78 is 6.40. The average Bonchev–Trinajstić information content (AvgIpc) is 2.33. The molecule has 1 heterocycles. The number of hydrogen-bond donors (Lipinski definition) is 0. The smallest absolute Gasteiger partial charge is 0.145 e. The van der Waals surface area contributed by atoms with E-state index in [1.165, 1.54) is 0 Å². The average molecular weight is 275 g/mol. The molecule has 0 aliphatic carbocycles. The Labute approximate surface area is 101 Å². The number of nitrogens with zero attached hydrogens (tertiary/aromatic N) is 2. The van der Waals surface area contributed by atoms with Crippen molar-refractivity contribution in [2.24, 2.45) is 0 Å². The molecule has 1 aromatic carbocycles. The molecule has 0 N–H and O–H groups in total. The molecule has 0 spiro atoms. The van der Waals surface area contributed by atoms with Gasteiger partial charge in [0.2, 0.25) is 0 Å². The topological polar surface area (TPSA) is 45.9 Å². The maximum Gasteiger partial charge on any atom is 0.145 e. The van der Waals surface area contributed by atoms with Gasteiger partial charge in [0.25, 0.3) is 0 Å². The first-order valence-electron chi connectivity index (χ1n) is 4.57. The molecule has 0 unspecified atom stereocenters. The van der Waals surface area contributed by atoms with Crippen molar-refractivity contribution in [1.82, 2.24) is 4.98 Å². The number of rotatable bonds is 2. The summed E-state index contributed by atoms with van der Waals surface area (Å²) in [7, 11) is 0. The summed E-state index contributed by atoms with van der Waals surface area (Å²) in [5.74, 6) is 1.14. The fourth-order valence-electron chi connectivity index (χ4n) is 1.21. The Bertz CT molecular complexity index is 534. The fourth-order valence-corrected chi connectivity index (χ4v) is 1.57. The zero-order chi connectivity index (χ0) is 11.4. The maximum absolute atomic E-state index is 8.95. The Balaban J connectivity index is 2.32. The van der Waals surface area contributed by atoms with Gasteiger partial charge in [-0.05, 0) is 30.3 Å². The van der Waals surface area contributed by atoms with E-state index in [0.717, 1.165) is 4.47 Å². The standard InChI is InChI=1S/C12H7BrN2O/c13-10-3-4-12(9(6-10)7-14)16-11-2-1-5-15-8-11/h1-6,8H. The van der Waals surface area contributed by atoms with Crippen molar-refractivity contribution in [3.63, 3.8) is 0 Å². The van der Waals surface area contributed by atoms with Crippen LogP contribution in [0.15, 0.2) is 47.2 Å². The molecule has 2 rings (SSSR count). The van der Waals surface area contributed by atoms with Crippen molar-refractivity contribution in [3.8, 4) is 17.6 Å². The van der Waals surface area contributed by atoms with Gasteiger partial charge in [-0.1, -0.05) is 15.9 Å². The van der Waals surface area contributed by atoms with Gasteiger partial charge in [0.05, 0.1) is 11.8 Å². The Morgan fingerprint density at radius 1 is 1.31 bits per heavy atom. The van der Waals surface area contributed by atoms with Crippen LogP contribution in [-0.4, -0.2) is 4.98 Å². The minimum Gasteiger partial charge on any atom is -0.454 e. The van der Waals surface area contributed by atoms with Crippen LogP contribution in [0.2, 0.25) is 0 Å². The van der Waals surface area contributed by atoms with Crippen LogP contribution in [-0.2, 0) is 0 Å². The van der Waals surface area contributed by atoms with E-state index in [-0.39, 0.29) is 0 Å². The quantitative estimate of drug-likeness (QED) is 0.842. The van der Waals surface area contributed by atoms with Crippen LogP contribution in [0, 0.1) is 11.3 Å². The molecule has 0 bridgehead atoms. The lowest BCUT2D eigenvalue weighted by atomic mass is 10.2. The Morgan fingerprint density at radius 2 is 2.19 bits per heavy atom. The molecule has 4 heteroatoms. The molecule has 0 amide bonds. The van der Waals surface area contributed by atoms with Gasteiger partial charge in [0.15, 0.2) is 0 Å². The third-order valence-electron chi connectivity index (χ3n) is 1.92. The molecule has 0 atom stereocenters. The number of hydrogen-bond acceptors (Lipinski definition) is 3. The van der Waals surface area contributed by atoms with Crippen LogP contribution in [0.25, 0.3) is 0 Å². The van der Waals surface area contributed by atoms with E-state index in [2.05, 4.69) is 27.0 Å². The Kier molecular flexibility index (Phi) is 3.18. The first kappa shape index (κ1) is 10.7. The minimum absolute atomic E-state index is 0.484. The van der Waals surface area contributed by atoms with Crippen molar-refractivity contribution >= 4 is 15.9 Å². The highest BCUT2D eigenvalue weighted by Gasteiger charge is 2.04. The van der Waals surface area contributed by atoms with Gasteiger partial charge in [-0.3, -0.25) is 4.98 Å². The second-order valence-corrected chi connectivity index (χ2v) is 3.96. The predicted octanol–water partition coefficient (Wildman–Crippen LogP) is 3.51. The third-order valence-corrected chi connectivity index (χ3v) is 2.42. The molecule has 0 saturated heterocycles. The SMILES string of the molecule is N#Cc1cc(Br)ccc1Oc1cccnc1. The summed E-state index contributed by atoms with van der Waals surface area (Å²) in [6.07, 6.45) is 3.27. The lowest BCUT2D eigenvalue weighted by Crippen LogP contribution is -1.88. The molecule has 0 saturated carbocycles. The molecule has 0 aliphatic heterocycles. The number of halogens is 1. The highest BCUT2D eigenvalue weighted by atomic mass is 79.9. The monoisotopic (exact) mass is 274 g/mol. The second kappa shape index (κ2) is 4.77. The molecule has 2 aromatic rings. The first-order chi connectivity index (χ1) is 7.79. The second-order valence-electron chi connectivity index (χ2n) is 3.04. The normalized spacial score (nSPS) is 9.50. The number of nitriles is 1. The number of pyridine rings is 1. The van der Waals surface area contributed by atoms with Crippen molar-refractivity contribution in [3.05, 3.63) is 52.8 Å². The van der Waals surface area contributed by atoms with Gasteiger partial charge in [-0.25, -0.2) is 0 Å². The van der Waals surface area contributed by atoms with E-state index in [0.29, 0.717) is 17.1 Å². The lowest BCUT2D eigenvalue weighted by molar-refractivity contribution is 0.478. The van der Waals surface area contributed by atoms with Gasteiger partial charge in [0, 0.05) is 10.7 Å².